The molecule has 0 aromatic heterocycles. The number of carbonyl (C=O) groups excluding carboxylic acids is 1. The van der Waals surface area contributed by atoms with Crippen molar-refractivity contribution in [3.63, 3.8) is 0 Å². The van der Waals surface area contributed by atoms with Crippen molar-refractivity contribution in [1.82, 2.24) is 0 Å². The number of amides is 1. The van der Waals surface area contributed by atoms with Crippen LogP contribution in [0.1, 0.15) is 6.92 Å². The van der Waals surface area contributed by atoms with Crippen LogP contribution in [-0.4, -0.2) is 35.5 Å². The zero-order valence-corrected chi connectivity index (χ0v) is 11.5. The van der Waals surface area contributed by atoms with Crippen LogP contribution in [0.4, 0.5) is 5.69 Å². The van der Waals surface area contributed by atoms with E-state index in [0.29, 0.717) is 10.7 Å². The highest BCUT2D eigenvalue weighted by molar-refractivity contribution is 6.30. The fourth-order valence-electron chi connectivity index (χ4n) is 1.58. The molecule has 1 rings (SSSR count). The van der Waals surface area contributed by atoms with Crippen LogP contribution in [0.2, 0.25) is 5.02 Å². The van der Waals surface area contributed by atoms with Crippen LogP contribution in [0.5, 0.6) is 0 Å². The first-order chi connectivity index (χ1) is 9.31. The molecule has 1 aromatic carbocycles. The maximum atomic E-state index is 11.8. The molecule has 1 atom stereocenters. The molecule has 0 saturated carbocycles. The van der Waals surface area contributed by atoms with Crippen LogP contribution >= 0.6 is 11.6 Å². The SMILES string of the molecule is C[C@H](C(=O)N=C(N)N)N(CC(=O)O)c1ccc(Cl)cc1. The quantitative estimate of drug-likeness (QED) is 0.535. The normalized spacial score (nSPS) is 11.5. The lowest BCUT2D eigenvalue weighted by Gasteiger charge is -2.27. The number of anilines is 1. The van der Waals surface area contributed by atoms with Crippen LogP contribution in [-0.2, 0) is 9.59 Å². The number of halogens is 1. The zero-order valence-electron chi connectivity index (χ0n) is 10.8. The Hall–Kier alpha value is -2.28. The molecule has 108 valence electrons. The number of benzene rings is 1. The van der Waals surface area contributed by atoms with E-state index in [1.807, 2.05) is 0 Å². The Morgan fingerprint density at radius 2 is 1.90 bits per heavy atom. The summed E-state index contributed by atoms with van der Waals surface area (Å²) in [5, 5.41) is 9.45. The average molecular weight is 299 g/mol. The summed E-state index contributed by atoms with van der Waals surface area (Å²) >= 11 is 5.78. The molecule has 7 nitrogen and oxygen atoms in total. The Morgan fingerprint density at radius 1 is 1.35 bits per heavy atom. The van der Waals surface area contributed by atoms with Crippen LogP contribution in [0.15, 0.2) is 29.3 Å². The Morgan fingerprint density at radius 3 is 2.35 bits per heavy atom. The van der Waals surface area contributed by atoms with Gasteiger partial charge in [0.2, 0.25) is 0 Å². The third kappa shape index (κ3) is 4.43. The number of guanidine groups is 1. The van der Waals surface area contributed by atoms with Crippen LogP contribution in [0.3, 0.4) is 0 Å². The number of nitrogens with two attached hydrogens (primary N) is 2. The molecule has 1 amide bonds. The van der Waals surface area contributed by atoms with E-state index in [9.17, 15) is 9.59 Å². The molecule has 8 heteroatoms. The van der Waals surface area contributed by atoms with Gasteiger partial charge < -0.3 is 21.5 Å². The average Bonchev–Trinajstić information content (AvgIpc) is 2.35. The molecule has 0 radical (unpaired) electrons. The van der Waals surface area contributed by atoms with Gasteiger partial charge in [0.05, 0.1) is 0 Å². The van der Waals surface area contributed by atoms with E-state index in [-0.39, 0.29) is 12.5 Å². The van der Waals surface area contributed by atoms with Crippen molar-refractivity contribution in [2.24, 2.45) is 16.5 Å². The minimum atomic E-state index is -1.08. The fraction of sp³-hybridized carbons (Fsp3) is 0.250. The summed E-state index contributed by atoms with van der Waals surface area (Å²) in [6.45, 7) is 1.15. The predicted octanol–water partition coefficient (Wildman–Crippen LogP) is 0.420. The minimum Gasteiger partial charge on any atom is -0.480 e. The van der Waals surface area contributed by atoms with Gasteiger partial charge in [-0.25, -0.2) is 0 Å². The van der Waals surface area contributed by atoms with Crippen molar-refractivity contribution in [1.29, 1.82) is 0 Å². The van der Waals surface area contributed by atoms with E-state index in [2.05, 4.69) is 4.99 Å². The number of carboxylic acids is 1. The molecule has 20 heavy (non-hydrogen) atoms. The predicted molar refractivity (Wildman–Crippen MR) is 76.7 cm³/mol. The highest BCUT2D eigenvalue weighted by atomic mass is 35.5. The molecule has 0 aliphatic rings. The molecule has 0 aliphatic heterocycles. The van der Waals surface area contributed by atoms with Crippen molar-refractivity contribution in [2.45, 2.75) is 13.0 Å². The molecule has 0 bridgehead atoms. The van der Waals surface area contributed by atoms with Crippen molar-refractivity contribution >= 4 is 35.1 Å². The first-order valence-electron chi connectivity index (χ1n) is 5.68. The highest BCUT2D eigenvalue weighted by Gasteiger charge is 2.23. The van der Waals surface area contributed by atoms with Gasteiger partial charge in [-0.3, -0.25) is 9.59 Å². The number of rotatable bonds is 5. The Kier molecular flexibility index (Phi) is 5.33. The first kappa shape index (κ1) is 15.8. The highest BCUT2D eigenvalue weighted by Crippen LogP contribution is 2.20. The van der Waals surface area contributed by atoms with Gasteiger partial charge in [0.15, 0.2) is 5.96 Å². The van der Waals surface area contributed by atoms with E-state index in [0.717, 1.165) is 0 Å². The zero-order chi connectivity index (χ0) is 15.3. The van der Waals surface area contributed by atoms with E-state index >= 15 is 0 Å². The second kappa shape index (κ2) is 6.76. The second-order valence-corrected chi connectivity index (χ2v) is 4.49. The molecule has 0 spiro atoms. The van der Waals surface area contributed by atoms with Gasteiger partial charge in [-0.05, 0) is 31.2 Å². The lowest BCUT2D eigenvalue weighted by molar-refractivity contribution is -0.135. The molecular formula is C12H15ClN4O3. The lowest BCUT2D eigenvalue weighted by Crippen LogP contribution is -2.42. The maximum Gasteiger partial charge on any atom is 0.323 e. The number of hydrogen-bond donors (Lipinski definition) is 3. The standard InChI is InChI=1S/C12H15ClN4O3/c1-7(11(20)16-12(14)15)17(6-10(18)19)9-4-2-8(13)3-5-9/h2-5,7H,6H2,1H3,(H,18,19)(H4,14,15,16,20)/t7-/m1/s1. The molecule has 0 heterocycles. The van der Waals surface area contributed by atoms with Crippen molar-refractivity contribution in [3.8, 4) is 0 Å². The third-order valence-electron chi connectivity index (χ3n) is 2.53. The van der Waals surface area contributed by atoms with Crippen molar-refractivity contribution in [3.05, 3.63) is 29.3 Å². The van der Waals surface area contributed by atoms with E-state index < -0.39 is 17.9 Å². The minimum absolute atomic E-state index is 0.367. The molecule has 0 aliphatic carbocycles. The van der Waals surface area contributed by atoms with E-state index in [1.54, 1.807) is 24.3 Å². The number of aliphatic imine (C=N–C) groups is 1. The van der Waals surface area contributed by atoms with Crippen LogP contribution < -0.4 is 16.4 Å². The van der Waals surface area contributed by atoms with Gasteiger partial charge in [-0.15, -0.1) is 0 Å². The smallest absolute Gasteiger partial charge is 0.323 e. The molecule has 1 aromatic rings. The molecule has 0 saturated heterocycles. The molecule has 0 fully saturated rings. The van der Waals surface area contributed by atoms with E-state index in [4.69, 9.17) is 28.2 Å². The Labute approximate surface area is 120 Å². The molecular weight excluding hydrogens is 284 g/mol. The van der Waals surface area contributed by atoms with Gasteiger partial charge in [-0.1, -0.05) is 11.6 Å². The van der Waals surface area contributed by atoms with Crippen LogP contribution in [0.25, 0.3) is 0 Å². The number of carboxylic acid groups (broad SMARTS) is 1. The first-order valence-corrected chi connectivity index (χ1v) is 6.06. The van der Waals surface area contributed by atoms with Gasteiger partial charge in [-0.2, -0.15) is 4.99 Å². The van der Waals surface area contributed by atoms with Gasteiger partial charge >= 0.3 is 5.97 Å². The summed E-state index contributed by atoms with van der Waals surface area (Å²) in [5.74, 6) is -2.07. The number of nitrogens with zero attached hydrogens (tertiary/aromatic N) is 2. The lowest BCUT2D eigenvalue weighted by atomic mass is 10.2. The topological polar surface area (TPSA) is 122 Å². The van der Waals surface area contributed by atoms with Crippen molar-refractivity contribution in [2.75, 3.05) is 11.4 Å². The van der Waals surface area contributed by atoms with Gasteiger partial charge in [0.25, 0.3) is 5.91 Å². The summed E-state index contributed by atoms with van der Waals surface area (Å²) in [7, 11) is 0. The maximum absolute atomic E-state index is 11.8. The summed E-state index contributed by atoms with van der Waals surface area (Å²) in [5.41, 5.74) is 10.8. The third-order valence-corrected chi connectivity index (χ3v) is 2.78. The summed E-state index contributed by atoms with van der Waals surface area (Å²) in [6.07, 6.45) is 0. The summed E-state index contributed by atoms with van der Waals surface area (Å²) in [6, 6.07) is 5.61. The summed E-state index contributed by atoms with van der Waals surface area (Å²) in [4.78, 5) is 27.5. The van der Waals surface area contributed by atoms with E-state index in [1.165, 1.54) is 11.8 Å². The number of hydrogen-bond acceptors (Lipinski definition) is 3. The van der Waals surface area contributed by atoms with Crippen LogP contribution in [0, 0.1) is 0 Å². The Bertz CT molecular complexity index is 526. The fourth-order valence-corrected chi connectivity index (χ4v) is 1.71. The second-order valence-electron chi connectivity index (χ2n) is 4.05. The monoisotopic (exact) mass is 298 g/mol. The Balaban J connectivity index is 3.05. The van der Waals surface area contributed by atoms with Gasteiger partial charge in [0, 0.05) is 10.7 Å². The largest absolute Gasteiger partial charge is 0.480 e. The van der Waals surface area contributed by atoms with Crippen molar-refractivity contribution < 1.29 is 14.7 Å². The number of carbonyl (C=O) groups is 2. The molecule has 0 unspecified atom stereocenters. The summed E-state index contributed by atoms with van der Waals surface area (Å²) < 4.78 is 0. The molecule has 5 N–H and O–H groups in total. The number of aliphatic carboxylic acids is 1. The van der Waals surface area contributed by atoms with Gasteiger partial charge in [0.1, 0.15) is 12.6 Å².